The minimum absolute atomic E-state index is 0.0304. The smallest absolute Gasteiger partial charge is 0.251 e. The van der Waals surface area contributed by atoms with Crippen LogP contribution in [0.4, 0.5) is 4.39 Å². The van der Waals surface area contributed by atoms with Gasteiger partial charge in [0.1, 0.15) is 5.82 Å². The molecule has 2 N–H and O–H groups in total. The molecule has 1 amide bonds. The van der Waals surface area contributed by atoms with E-state index in [0.717, 1.165) is 19.5 Å². The highest BCUT2D eigenvalue weighted by atomic mass is 35.5. The molecule has 0 bridgehead atoms. The van der Waals surface area contributed by atoms with E-state index in [0.29, 0.717) is 5.56 Å². The molecule has 1 aliphatic rings. The molecule has 1 fully saturated rings. The summed E-state index contributed by atoms with van der Waals surface area (Å²) in [5, 5.41) is 5.98. The second kappa shape index (κ2) is 4.80. The van der Waals surface area contributed by atoms with E-state index in [9.17, 15) is 9.18 Å². The molecule has 3 nitrogen and oxygen atoms in total. The van der Waals surface area contributed by atoms with Crippen LogP contribution in [0.1, 0.15) is 16.8 Å². The van der Waals surface area contributed by atoms with Crippen molar-refractivity contribution in [3.63, 3.8) is 0 Å². The minimum atomic E-state index is -0.513. The van der Waals surface area contributed by atoms with Gasteiger partial charge in [-0.3, -0.25) is 4.79 Å². The molecular weight excluding hydrogens is 231 g/mol. The van der Waals surface area contributed by atoms with Crippen LogP contribution in [0.15, 0.2) is 18.2 Å². The van der Waals surface area contributed by atoms with Crippen LogP contribution in [0, 0.1) is 5.82 Å². The van der Waals surface area contributed by atoms with E-state index in [-0.39, 0.29) is 17.0 Å². The molecule has 0 saturated carbocycles. The maximum Gasteiger partial charge on any atom is 0.251 e. The van der Waals surface area contributed by atoms with Crippen LogP contribution in [0.3, 0.4) is 0 Å². The molecule has 0 radical (unpaired) electrons. The summed E-state index contributed by atoms with van der Waals surface area (Å²) in [5.74, 6) is -0.726. The highest BCUT2D eigenvalue weighted by Crippen LogP contribution is 2.16. The summed E-state index contributed by atoms with van der Waals surface area (Å²) in [7, 11) is 0. The highest BCUT2D eigenvalue weighted by Gasteiger charge is 2.17. The molecule has 1 aromatic carbocycles. The Morgan fingerprint density at radius 2 is 2.38 bits per heavy atom. The fourth-order valence-electron chi connectivity index (χ4n) is 1.68. The first-order valence-electron chi connectivity index (χ1n) is 5.13. The zero-order chi connectivity index (χ0) is 11.5. The van der Waals surface area contributed by atoms with Gasteiger partial charge in [0, 0.05) is 18.2 Å². The first-order valence-corrected chi connectivity index (χ1v) is 5.51. The maximum absolute atomic E-state index is 12.9. The summed E-state index contributed by atoms with van der Waals surface area (Å²) >= 11 is 5.61. The summed E-state index contributed by atoms with van der Waals surface area (Å²) in [5.41, 5.74) is 0.387. The van der Waals surface area contributed by atoms with Crippen LogP contribution < -0.4 is 10.6 Å². The Hall–Kier alpha value is -1.13. The predicted molar refractivity (Wildman–Crippen MR) is 60.2 cm³/mol. The van der Waals surface area contributed by atoms with Crippen molar-refractivity contribution < 1.29 is 9.18 Å². The van der Waals surface area contributed by atoms with Gasteiger partial charge in [0.2, 0.25) is 0 Å². The molecule has 0 spiro atoms. The number of benzene rings is 1. The Bertz CT molecular complexity index is 405. The van der Waals surface area contributed by atoms with Crippen molar-refractivity contribution in [3.05, 3.63) is 34.6 Å². The molecule has 16 heavy (non-hydrogen) atoms. The van der Waals surface area contributed by atoms with Crippen LogP contribution in [0.2, 0.25) is 5.02 Å². The van der Waals surface area contributed by atoms with Gasteiger partial charge in [0.05, 0.1) is 5.02 Å². The van der Waals surface area contributed by atoms with E-state index in [1.165, 1.54) is 18.2 Å². The number of nitrogens with one attached hydrogen (secondary N) is 2. The topological polar surface area (TPSA) is 41.1 Å². The van der Waals surface area contributed by atoms with Crippen molar-refractivity contribution >= 4 is 17.5 Å². The lowest BCUT2D eigenvalue weighted by atomic mass is 10.2. The van der Waals surface area contributed by atoms with Gasteiger partial charge in [-0.2, -0.15) is 0 Å². The molecular formula is C11H12ClFN2O. The Morgan fingerprint density at radius 3 is 3.00 bits per heavy atom. The lowest BCUT2D eigenvalue weighted by Crippen LogP contribution is -2.36. The van der Waals surface area contributed by atoms with Gasteiger partial charge in [-0.25, -0.2) is 4.39 Å². The van der Waals surface area contributed by atoms with Gasteiger partial charge in [0.15, 0.2) is 0 Å². The van der Waals surface area contributed by atoms with E-state index in [4.69, 9.17) is 11.6 Å². The molecule has 1 saturated heterocycles. The zero-order valence-corrected chi connectivity index (χ0v) is 9.35. The van der Waals surface area contributed by atoms with Gasteiger partial charge in [-0.15, -0.1) is 0 Å². The molecule has 1 aliphatic heterocycles. The normalized spacial score (nSPS) is 19.8. The summed E-state index contributed by atoms with van der Waals surface area (Å²) < 4.78 is 12.9. The van der Waals surface area contributed by atoms with Crippen LogP contribution >= 0.6 is 11.6 Å². The monoisotopic (exact) mass is 242 g/mol. The van der Waals surface area contributed by atoms with Crippen LogP contribution in [-0.2, 0) is 0 Å². The first-order chi connectivity index (χ1) is 7.66. The average Bonchev–Trinajstić information content (AvgIpc) is 2.74. The number of carbonyl (C=O) groups is 1. The van der Waals surface area contributed by atoms with E-state index in [2.05, 4.69) is 10.6 Å². The molecule has 0 aromatic heterocycles. The Labute approximate surface area is 98.0 Å². The fraction of sp³-hybridized carbons (Fsp3) is 0.364. The second-order valence-electron chi connectivity index (χ2n) is 3.79. The van der Waals surface area contributed by atoms with Crippen LogP contribution in [0.5, 0.6) is 0 Å². The first kappa shape index (κ1) is 11.4. The molecule has 1 aromatic rings. The lowest BCUT2D eigenvalue weighted by molar-refractivity contribution is 0.0940. The fourth-order valence-corrected chi connectivity index (χ4v) is 1.86. The molecule has 0 aliphatic carbocycles. The zero-order valence-electron chi connectivity index (χ0n) is 8.59. The van der Waals surface area contributed by atoms with E-state index >= 15 is 0 Å². The number of amides is 1. The van der Waals surface area contributed by atoms with Gasteiger partial charge in [-0.05, 0) is 31.2 Å². The SMILES string of the molecule is O=C(N[C@H]1CCNC1)c1ccc(F)c(Cl)c1. The average molecular weight is 243 g/mol. The van der Waals surface area contributed by atoms with Crippen molar-refractivity contribution in [1.82, 2.24) is 10.6 Å². The minimum Gasteiger partial charge on any atom is -0.348 e. The lowest BCUT2D eigenvalue weighted by Gasteiger charge is -2.11. The number of halogens is 2. The van der Waals surface area contributed by atoms with Crippen molar-refractivity contribution in [1.29, 1.82) is 0 Å². The van der Waals surface area contributed by atoms with E-state index in [1.807, 2.05) is 0 Å². The van der Waals surface area contributed by atoms with Gasteiger partial charge < -0.3 is 10.6 Å². The second-order valence-corrected chi connectivity index (χ2v) is 4.20. The third kappa shape index (κ3) is 2.51. The third-order valence-corrected chi connectivity index (χ3v) is 2.87. The molecule has 0 unspecified atom stereocenters. The van der Waals surface area contributed by atoms with E-state index in [1.54, 1.807) is 0 Å². The summed E-state index contributed by atoms with van der Waals surface area (Å²) in [6.07, 6.45) is 0.917. The van der Waals surface area contributed by atoms with E-state index < -0.39 is 5.82 Å². The predicted octanol–water partition coefficient (Wildman–Crippen LogP) is 1.57. The number of carbonyl (C=O) groups excluding carboxylic acids is 1. The molecule has 5 heteroatoms. The van der Waals surface area contributed by atoms with Crippen molar-refractivity contribution in [3.8, 4) is 0 Å². The van der Waals surface area contributed by atoms with Crippen molar-refractivity contribution in [2.24, 2.45) is 0 Å². The Kier molecular flexibility index (Phi) is 3.41. The van der Waals surface area contributed by atoms with Gasteiger partial charge in [-0.1, -0.05) is 11.6 Å². The summed E-state index contributed by atoms with van der Waals surface area (Å²) in [6.45, 7) is 1.69. The molecule has 1 heterocycles. The Balaban J connectivity index is 2.05. The number of hydrogen-bond donors (Lipinski definition) is 2. The van der Waals surface area contributed by atoms with Gasteiger partial charge in [0.25, 0.3) is 5.91 Å². The van der Waals surface area contributed by atoms with Crippen molar-refractivity contribution in [2.75, 3.05) is 13.1 Å². The van der Waals surface area contributed by atoms with Gasteiger partial charge >= 0.3 is 0 Å². The molecule has 86 valence electrons. The van der Waals surface area contributed by atoms with Crippen molar-refractivity contribution in [2.45, 2.75) is 12.5 Å². The van der Waals surface area contributed by atoms with Crippen LogP contribution in [-0.4, -0.2) is 25.0 Å². The number of hydrogen-bond acceptors (Lipinski definition) is 2. The third-order valence-electron chi connectivity index (χ3n) is 2.58. The quantitative estimate of drug-likeness (QED) is 0.827. The maximum atomic E-state index is 12.9. The summed E-state index contributed by atoms with van der Waals surface area (Å²) in [4.78, 5) is 11.7. The molecule has 2 rings (SSSR count). The summed E-state index contributed by atoms with van der Waals surface area (Å²) in [6, 6.07) is 4.12. The number of rotatable bonds is 2. The highest BCUT2D eigenvalue weighted by molar-refractivity contribution is 6.31. The standard InChI is InChI=1S/C11H12ClFN2O/c12-9-5-7(1-2-10(9)13)11(16)15-8-3-4-14-6-8/h1-2,5,8,14H,3-4,6H2,(H,15,16)/t8-/m0/s1. The van der Waals surface area contributed by atoms with Crippen LogP contribution in [0.25, 0.3) is 0 Å². The largest absolute Gasteiger partial charge is 0.348 e. The molecule has 1 atom stereocenters. The Morgan fingerprint density at radius 1 is 1.56 bits per heavy atom.